The molecular weight excluding hydrogens is 272 g/mol. The van der Waals surface area contributed by atoms with E-state index in [0.29, 0.717) is 18.0 Å². The number of halogens is 1. The van der Waals surface area contributed by atoms with Gasteiger partial charge in [0.25, 0.3) is 0 Å². The van der Waals surface area contributed by atoms with E-state index in [4.69, 9.17) is 0 Å². The summed E-state index contributed by atoms with van der Waals surface area (Å²) in [5.41, 5.74) is 2.44. The number of carbonyl (C=O) groups is 1. The molecule has 0 aromatic heterocycles. The molecule has 0 spiro atoms. The van der Waals surface area contributed by atoms with Gasteiger partial charge in [-0.1, -0.05) is 18.2 Å². The third kappa shape index (κ3) is 2.70. The number of benzene rings is 1. The molecule has 2 heterocycles. The Morgan fingerprint density at radius 2 is 2.05 bits per heavy atom. The molecule has 1 aromatic rings. The van der Waals surface area contributed by atoms with Gasteiger partial charge in [0.2, 0.25) is 5.91 Å². The summed E-state index contributed by atoms with van der Waals surface area (Å²) in [6.07, 6.45) is 2.92. The van der Waals surface area contributed by atoms with Crippen molar-refractivity contribution in [1.29, 1.82) is 0 Å². The van der Waals surface area contributed by atoms with Gasteiger partial charge in [0, 0.05) is 23.7 Å². The van der Waals surface area contributed by atoms with Gasteiger partial charge in [0.15, 0.2) is 0 Å². The third-order valence-corrected chi connectivity index (χ3v) is 4.42. The molecule has 0 bridgehead atoms. The van der Waals surface area contributed by atoms with Crippen LogP contribution in [-0.2, 0) is 11.2 Å². The summed E-state index contributed by atoms with van der Waals surface area (Å²) >= 11 is 0. The second-order valence-corrected chi connectivity index (χ2v) is 5.97. The lowest BCUT2D eigenvalue weighted by molar-refractivity contribution is -0.123. The number of hydrogen-bond acceptors (Lipinski definition) is 2. The van der Waals surface area contributed by atoms with E-state index in [1.165, 1.54) is 5.56 Å². The average molecular weight is 295 g/mol. The molecule has 1 amide bonds. The fourth-order valence-electron chi connectivity index (χ4n) is 3.45. The quantitative estimate of drug-likeness (QED) is 0.864. The number of para-hydroxylation sites is 1. The molecule has 110 valence electrons. The summed E-state index contributed by atoms with van der Waals surface area (Å²) in [6, 6.07) is 9.07. The first-order chi connectivity index (χ1) is 9.16. The molecule has 1 unspecified atom stereocenters. The van der Waals surface area contributed by atoms with Crippen molar-refractivity contribution in [3.05, 3.63) is 29.8 Å². The normalized spacial score (nSPS) is 28.7. The number of fused-ring (bicyclic) bond motifs is 1. The van der Waals surface area contributed by atoms with Crippen LogP contribution in [0.3, 0.4) is 0 Å². The zero-order valence-electron chi connectivity index (χ0n) is 12.1. The van der Waals surface area contributed by atoms with Crippen molar-refractivity contribution in [3.63, 3.8) is 0 Å². The van der Waals surface area contributed by atoms with Gasteiger partial charge < -0.3 is 10.2 Å². The molecule has 3 nitrogen and oxygen atoms in total. The molecular formula is C16H23ClN2O. The van der Waals surface area contributed by atoms with E-state index in [2.05, 4.69) is 37.4 Å². The van der Waals surface area contributed by atoms with Crippen LogP contribution in [0, 0.1) is 5.92 Å². The first-order valence-electron chi connectivity index (χ1n) is 7.31. The predicted molar refractivity (Wildman–Crippen MR) is 84.5 cm³/mol. The SMILES string of the molecule is CC1Cc2ccccc2N1C(=O)[C@H]1CCN[C@@H](C)C1.Cl. The van der Waals surface area contributed by atoms with E-state index >= 15 is 0 Å². The highest BCUT2D eigenvalue weighted by molar-refractivity contribution is 5.97. The zero-order chi connectivity index (χ0) is 13.4. The Labute approximate surface area is 127 Å². The number of piperidine rings is 1. The third-order valence-electron chi connectivity index (χ3n) is 4.42. The van der Waals surface area contributed by atoms with Crippen molar-refractivity contribution in [2.24, 2.45) is 5.92 Å². The summed E-state index contributed by atoms with van der Waals surface area (Å²) in [5, 5.41) is 3.42. The second kappa shape index (κ2) is 6.15. The molecule has 1 fully saturated rings. The standard InChI is InChI=1S/C16H22N2O.ClH/c1-11-9-14(7-8-17-11)16(19)18-12(2)10-13-5-3-4-6-15(13)18;/h3-6,11-12,14,17H,7-10H2,1-2H3;1H/t11-,12?,14-;/m0./s1. The van der Waals surface area contributed by atoms with E-state index in [1.807, 2.05) is 11.0 Å². The lowest BCUT2D eigenvalue weighted by Crippen LogP contribution is -2.46. The van der Waals surface area contributed by atoms with Crippen LogP contribution in [0.1, 0.15) is 32.3 Å². The summed E-state index contributed by atoms with van der Waals surface area (Å²) in [5.74, 6) is 0.510. The summed E-state index contributed by atoms with van der Waals surface area (Å²) in [7, 11) is 0. The highest BCUT2D eigenvalue weighted by atomic mass is 35.5. The Hall–Kier alpha value is -1.06. The van der Waals surface area contributed by atoms with Crippen LogP contribution in [-0.4, -0.2) is 24.5 Å². The van der Waals surface area contributed by atoms with Crippen LogP contribution < -0.4 is 10.2 Å². The summed E-state index contributed by atoms with van der Waals surface area (Å²) < 4.78 is 0. The Kier molecular flexibility index (Phi) is 4.71. The first kappa shape index (κ1) is 15.3. The van der Waals surface area contributed by atoms with Crippen LogP contribution in [0.5, 0.6) is 0 Å². The van der Waals surface area contributed by atoms with E-state index < -0.39 is 0 Å². The smallest absolute Gasteiger partial charge is 0.230 e. The average Bonchev–Trinajstić information content (AvgIpc) is 2.74. The fourth-order valence-corrected chi connectivity index (χ4v) is 3.45. The van der Waals surface area contributed by atoms with Crippen molar-refractivity contribution < 1.29 is 4.79 Å². The van der Waals surface area contributed by atoms with E-state index in [-0.39, 0.29) is 18.3 Å². The molecule has 0 aliphatic carbocycles. The van der Waals surface area contributed by atoms with Crippen LogP contribution in [0.15, 0.2) is 24.3 Å². The minimum Gasteiger partial charge on any atom is -0.314 e. The summed E-state index contributed by atoms with van der Waals surface area (Å²) in [4.78, 5) is 14.9. The number of hydrogen-bond donors (Lipinski definition) is 1. The highest BCUT2D eigenvalue weighted by Crippen LogP contribution is 2.34. The molecule has 3 atom stereocenters. The maximum atomic E-state index is 12.8. The summed E-state index contributed by atoms with van der Waals surface area (Å²) in [6.45, 7) is 5.28. The molecule has 4 heteroatoms. The van der Waals surface area contributed by atoms with E-state index in [9.17, 15) is 4.79 Å². The van der Waals surface area contributed by atoms with Crippen LogP contribution >= 0.6 is 12.4 Å². The van der Waals surface area contributed by atoms with Gasteiger partial charge in [0.05, 0.1) is 0 Å². The van der Waals surface area contributed by atoms with Gasteiger partial charge >= 0.3 is 0 Å². The number of anilines is 1. The molecule has 1 saturated heterocycles. The maximum absolute atomic E-state index is 12.8. The largest absolute Gasteiger partial charge is 0.314 e. The Morgan fingerprint density at radius 1 is 1.30 bits per heavy atom. The molecule has 20 heavy (non-hydrogen) atoms. The van der Waals surface area contributed by atoms with Gasteiger partial charge in [-0.3, -0.25) is 4.79 Å². The minimum atomic E-state index is 0. The van der Waals surface area contributed by atoms with Crippen LogP contribution in [0.2, 0.25) is 0 Å². The van der Waals surface area contributed by atoms with Gasteiger partial charge in [-0.05, 0) is 51.3 Å². The molecule has 2 aliphatic heterocycles. The number of amides is 1. The first-order valence-corrected chi connectivity index (χ1v) is 7.31. The van der Waals surface area contributed by atoms with Crippen molar-refractivity contribution in [1.82, 2.24) is 5.32 Å². The topological polar surface area (TPSA) is 32.3 Å². The molecule has 1 aromatic carbocycles. The van der Waals surface area contributed by atoms with E-state index in [0.717, 1.165) is 31.5 Å². The minimum absolute atomic E-state index is 0. The fraction of sp³-hybridized carbons (Fsp3) is 0.562. The van der Waals surface area contributed by atoms with E-state index in [1.54, 1.807) is 0 Å². The molecule has 1 N–H and O–H groups in total. The van der Waals surface area contributed by atoms with Crippen molar-refractivity contribution in [2.75, 3.05) is 11.4 Å². The maximum Gasteiger partial charge on any atom is 0.230 e. The van der Waals surface area contributed by atoms with Crippen molar-refractivity contribution in [3.8, 4) is 0 Å². The highest BCUT2D eigenvalue weighted by Gasteiger charge is 2.35. The Bertz CT molecular complexity index is 491. The van der Waals surface area contributed by atoms with Crippen molar-refractivity contribution in [2.45, 2.75) is 45.2 Å². The lowest BCUT2D eigenvalue weighted by atomic mass is 9.91. The van der Waals surface area contributed by atoms with Crippen LogP contribution in [0.25, 0.3) is 0 Å². The lowest BCUT2D eigenvalue weighted by Gasteiger charge is -2.32. The number of rotatable bonds is 1. The molecule has 2 aliphatic rings. The van der Waals surface area contributed by atoms with Gasteiger partial charge in [-0.2, -0.15) is 0 Å². The van der Waals surface area contributed by atoms with Gasteiger partial charge in [0.1, 0.15) is 0 Å². The molecule has 3 rings (SSSR count). The molecule has 0 radical (unpaired) electrons. The molecule has 0 saturated carbocycles. The Morgan fingerprint density at radius 3 is 2.80 bits per heavy atom. The number of carbonyl (C=O) groups excluding carboxylic acids is 1. The van der Waals surface area contributed by atoms with Gasteiger partial charge in [-0.15, -0.1) is 12.4 Å². The Balaban J connectivity index is 0.00000147. The second-order valence-electron chi connectivity index (χ2n) is 5.97. The van der Waals surface area contributed by atoms with Crippen LogP contribution in [0.4, 0.5) is 5.69 Å². The number of nitrogens with zero attached hydrogens (tertiary/aromatic N) is 1. The zero-order valence-corrected chi connectivity index (χ0v) is 13.0. The predicted octanol–water partition coefficient (Wildman–Crippen LogP) is 2.77. The number of nitrogens with one attached hydrogen (secondary N) is 1. The van der Waals surface area contributed by atoms with Gasteiger partial charge in [-0.25, -0.2) is 0 Å². The monoisotopic (exact) mass is 294 g/mol. The van der Waals surface area contributed by atoms with Crippen molar-refractivity contribution >= 4 is 24.0 Å².